The summed E-state index contributed by atoms with van der Waals surface area (Å²) in [5.41, 5.74) is 5.60. The Bertz CT molecular complexity index is 303. The van der Waals surface area contributed by atoms with Gasteiger partial charge < -0.3 is 5.73 Å². The van der Waals surface area contributed by atoms with Crippen LogP contribution >= 0.6 is 0 Å². The average molecular weight is 248 g/mol. The second-order valence-electron chi connectivity index (χ2n) is 4.81. The summed E-state index contributed by atoms with van der Waals surface area (Å²) in [6, 6.07) is 0.0406. The fourth-order valence-electron chi connectivity index (χ4n) is 2.44. The van der Waals surface area contributed by atoms with Gasteiger partial charge in [-0.25, -0.2) is 8.42 Å². The third kappa shape index (κ3) is 3.43. The monoisotopic (exact) mass is 248 g/mol. The van der Waals surface area contributed by atoms with E-state index >= 15 is 0 Å². The van der Waals surface area contributed by atoms with Crippen LogP contribution in [0.5, 0.6) is 0 Å². The van der Waals surface area contributed by atoms with E-state index in [4.69, 9.17) is 5.73 Å². The van der Waals surface area contributed by atoms with Crippen LogP contribution in [0.1, 0.15) is 39.5 Å². The first-order chi connectivity index (χ1) is 7.51. The quantitative estimate of drug-likeness (QED) is 0.767. The third-order valence-electron chi connectivity index (χ3n) is 3.23. The maximum absolute atomic E-state index is 12.2. The van der Waals surface area contributed by atoms with Crippen LogP contribution in [-0.4, -0.2) is 37.6 Å². The third-order valence-corrected chi connectivity index (χ3v) is 5.41. The molecule has 16 heavy (non-hydrogen) atoms. The molecule has 0 bridgehead atoms. The van der Waals surface area contributed by atoms with Crippen molar-refractivity contribution < 1.29 is 8.42 Å². The molecule has 2 atom stereocenters. The standard InChI is InChI=1S/C11H24N2O2S/c1-3-5-10(2)9-16(14,15)13-7-4-6-11(13)8-12/h10-11H,3-9,12H2,1-2H3. The van der Waals surface area contributed by atoms with Gasteiger partial charge in [-0.1, -0.05) is 20.3 Å². The first kappa shape index (κ1) is 13.9. The molecule has 0 aromatic carbocycles. The van der Waals surface area contributed by atoms with Gasteiger partial charge in [0, 0.05) is 19.1 Å². The Morgan fingerprint density at radius 2 is 2.19 bits per heavy atom. The van der Waals surface area contributed by atoms with Crippen LogP contribution in [0.3, 0.4) is 0 Å². The van der Waals surface area contributed by atoms with E-state index in [0.29, 0.717) is 13.1 Å². The molecular formula is C11H24N2O2S. The molecule has 0 aromatic rings. The van der Waals surface area contributed by atoms with Gasteiger partial charge in [-0.3, -0.25) is 0 Å². The minimum atomic E-state index is -3.09. The van der Waals surface area contributed by atoms with Crippen molar-refractivity contribution in [3.8, 4) is 0 Å². The lowest BCUT2D eigenvalue weighted by Crippen LogP contribution is -2.42. The molecule has 0 saturated carbocycles. The lowest BCUT2D eigenvalue weighted by molar-refractivity contribution is 0.387. The molecule has 0 amide bonds. The van der Waals surface area contributed by atoms with Crippen molar-refractivity contribution in [1.82, 2.24) is 4.31 Å². The molecule has 0 radical (unpaired) electrons. The van der Waals surface area contributed by atoms with E-state index < -0.39 is 10.0 Å². The number of nitrogens with two attached hydrogens (primary N) is 1. The molecule has 2 unspecified atom stereocenters. The highest BCUT2D eigenvalue weighted by Crippen LogP contribution is 2.22. The second kappa shape index (κ2) is 5.98. The smallest absolute Gasteiger partial charge is 0.214 e. The van der Waals surface area contributed by atoms with Gasteiger partial charge in [-0.15, -0.1) is 0 Å². The minimum Gasteiger partial charge on any atom is -0.329 e. The van der Waals surface area contributed by atoms with E-state index in [-0.39, 0.29) is 17.7 Å². The Labute approximate surface area is 99.2 Å². The van der Waals surface area contributed by atoms with Crippen molar-refractivity contribution in [2.24, 2.45) is 11.7 Å². The van der Waals surface area contributed by atoms with Crippen LogP contribution in [0.2, 0.25) is 0 Å². The number of sulfonamides is 1. The Morgan fingerprint density at radius 3 is 2.75 bits per heavy atom. The molecule has 1 fully saturated rings. The lowest BCUT2D eigenvalue weighted by Gasteiger charge is -2.24. The Kier molecular flexibility index (Phi) is 5.21. The molecule has 1 aliphatic heterocycles. The molecule has 1 rings (SSSR count). The number of hydrogen-bond acceptors (Lipinski definition) is 3. The molecule has 0 aromatic heterocycles. The van der Waals surface area contributed by atoms with Crippen molar-refractivity contribution in [1.29, 1.82) is 0 Å². The van der Waals surface area contributed by atoms with E-state index in [0.717, 1.165) is 25.7 Å². The van der Waals surface area contributed by atoms with Crippen molar-refractivity contribution in [3.05, 3.63) is 0 Å². The highest BCUT2D eigenvalue weighted by atomic mass is 32.2. The van der Waals surface area contributed by atoms with E-state index in [2.05, 4.69) is 6.92 Å². The van der Waals surface area contributed by atoms with E-state index in [1.807, 2.05) is 6.92 Å². The first-order valence-electron chi connectivity index (χ1n) is 6.20. The summed E-state index contributed by atoms with van der Waals surface area (Å²) in [5.74, 6) is 0.520. The Morgan fingerprint density at radius 1 is 1.50 bits per heavy atom. The largest absolute Gasteiger partial charge is 0.329 e. The van der Waals surface area contributed by atoms with Crippen LogP contribution in [0, 0.1) is 5.92 Å². The molecule has 1 heterocycles. The zero-order valence-electron chi connectivity index (χ0n) is 10.4. The fraction of sp³-hybridized carbons (Fsp3) is 1.00. The highest BCUT2D eigenvalue weighted by Gasteiger charge is 2.33. The minimum absolute atomic E-state index is 0.0406. The molecular weight excluding hydrogens is 224 g/mol. The molecule has 96 valence electrons. The van der Waals surface area contributed by atoms with Gasteiger partial charge in [-0.2, -0.15) is 4.31 Å². The summed E-state index contributed by atoms with van der Waals surface area (Å²) in [7, 11) is -3.09. The van der Waals surface area contributed by atoms with Crippen molar-refractivity contribution in [2.75, 3.05) is 18.8 Å². The maximum Gasteiger partial charge on any atom is 0.214 e. The zero-order chi connectivity index (χ0) is 12.2. The van der Waals surface area contributed by atoms with Gasteiger partial charge in [0.25, 0.3) is 0 Å². The first-order valence-corrected chi connectivity index (χ1v) is 7.81. The van der Waals surface area contributed by atoms with Gasteiger partial charge in [0.1, 0.15) is 0 Å². The van der Waals surface area contributed by atoms with Crippen LogP contribution in [-0.2, 0) is 10.0 Å². The summed E-state index contributed by atoms with van der Waals surface area (Å²) in [5, 5.41) is 0. The van der Waals surface area contributed by atoms with Crippen molar-refractivity contribution >= 4 is 10.0 Å². The average Bonchev–Trinajstić information content (AvgIpc) is 2.65. The summed E-state index contributed by atoms with van der Waals surface area (Å²) >= 11 is 0. The van der Waals surface area contributed by atoms with Crippen molar-refractivity contribution in [2.45, 2.75) is 45.6 Å². The summed E-state index contributed by atoms with van der Waals surface area (Å²) in [6.45, 7) is 5.20. The number of nitrogens with zero attached hydrogens (tertiary/aromatic N) is 1. The predicted octanol–water partition coefficient (Wildman–Crippen LogP) is 1.18. The van der Waals surface area contributed by atoms with Gasteiger partial charge in [0.2, 0.25) is 10.0 Å². The lowest BCUT2D eigenvalue weighted by atomic mass is 10.1. The van der Waals surface area contributed by atoms with Crippen molar-refractivity contribution in [3.63, 3.8) is 0 Å². The van der Waals surface area contributed by atoms with Gasteiger partial charge >= 0.3 is 0 Å². The molecule has 5 heteroatoms. The van der Waals surface area contributed by atoms with E-state index in [9.17, 15) is 8.42 Å². The summed E-state index contributed by atoms with van der Waals surface area (Å²) < 4.78 is 25.9. The van der Waals surface area contributed by atoms with Crippen LogP contribution in [0.15, 0.2) is 0 Å². The predicted molar refractivity (Wildman–Crippen MR) is 66.6 cm³/mol. The zero-order valence-corrected chi connectivity index (χ0v) is 11.2. The number of hydrogen-bond donors (Lipinski definition) is 1. The molecule has 0 aliphatic carbocycles. The molecule has 2 N–H and O–H groups in total. The Hall–Kier alpha value is -0.130. The fourth-order valence-corrected chi connectivity index (χ4v) is 4.57. The van der Waals surface area contributed by atoms with Crippen LogP contribution < -0.4 is 5.73 Å². The van der Waals surface area contributed by atoms with E-state index in [1.165, 1.54) is 0 Å². The van der Waals surface area contributed by atoms with E-state index in [1.54, 1.807) is 4.31 Å². The van der Waals surface area contributed by atoms with Gasteiger partial charge in [-0.05, 0) is 25.2 Å². The van der Waals surface area contributed by atoms with Gasteiger partial charge in [0.05, 0.1) is 5.75 Å². The van der Waals surface area contributed by atoms with Gasteiger partial charge in [0.15, 0.2) is 0 Å². The SMILES string of the molecule is CCCC(C)CS(=O)(=O)N1CCCC1CN. The van der Waals surface area contributed by atoms with Crippen LogP contribution in [0.4, 0.5) is 0 Å². The second-order valence-corrected chi connectivity index (χ2v) is 6.78. The van der Waals surface area contributed by atoms with Crippen LogP contribution in [0.25, 0.3) is 0 Å². The molecule has 1 saturated heterocycles. The molecule has 4 nitrogen and oxygen atoms in total. The highest BCUT2D eigenvalue weighted by molar-refractivity contribution is 7.89. The topological polar surface area (TPSA) is 63.4 Å². The number of rotatable bonds is 6. The summed E-state index contributed by atoms with van der Waals surface area (Å²) in [6.07, 6.45) is 3.87. The normalized spacial score (nSPS) is 24.8. The Balaban J connectivity index is 2.62. The maximum atomic E-state index is 12.2. The molecule has 1 aliphatic rings. The molecule has 0 spiro atoms. The summed E-state index contributed by atoms with van der Waals surface area (Å²) in [4.78, 5) is 0.